The van der Waals surface area contributed by atoms with Gasteiger partial charge < -0.3 is 0 Å². The van der Waals surface area contributed by atoms with Crippen molar-refractivity contribution in [1.82, 2.24) is 4.48 Å². The van der Waals surface area contributed by atoms with Gasteiger partial charge in [0.15, 0.2) is 5.00 Å². The number of nitrogens with zero attached hydrogens (tertiary/aromatic N) is 1. The first-order valence-electron chi connectivity index (χ1n) is 3.54. The molecule has 0 aliphatic carbocycles. The second-order valence-corrected chi connectivity index (χ2v) is 3.88. The first kappa shape index (κ1) is 7.76. The van der Waals surface area contributed by atoms with Crippen LogP contribution in [0, 0.1) is 0 Å². The fourth-order valence-corrected chi connectivity index (χ4v) is 1.64. The van der Waals surface area contributed by atoms with Gasteiger partial charge in [-0.3, -0.25) is 4.48 Å². The van der Waals surface area contributed by atoms with E-state index < -0.39 is 0 Å². The SMILES string of the molecule is CC[N+](C)(C)c1cccs1. The van der Waals surface area contributed by atoms with Crippen LogP contribution in [0.25, 0.3) is 0 Å². The zero-order chi connectivity index (χ0) is 7.61. The van der Waals surface area contributed by atoms with Crippen molar-refractivity contribution in [3.05, 3.63) is 17.5 Å². The van der Waals surface area contributed by atoms with Crippen molar-refractivity contribution in [2.75, 3.05) is 20.6 Å². The average molecular weight is 156 g/mol. The summed E-state index contributed by atoms with van der Waals surface area (Å²) in [6.07, 6.45) is 0. The van der Waals surface area contributed by atoms with Crippen molar-refractivity contribution in [2.24, 2.45) is 0 Å². The molecule has 0 saturated carbocycles. The number of rotatable bonds is 2. The predicted molar refractivity (Wildman–Crippen MR) is 48.5 cm³/mol. The van der Waals surface area contributed by atoms with Crippen LogP contribution in [-0.2, 0) is 0 Å². The summed E-state index contributed by atoms with van der Waals surface area (Å²) in [5, 5.41) is 3.56. The lowest BCUT2D eigenvalue weighted by Gasteiger charge is -2.25. The maximum Gasteiger partial charge on any atom is 0.187 e. The van der Waals surface area contributed by atoms with E-state index in [1.807, 2.05) is 11.3 Å². The molecule has 0 unspecified atom stereocenters. The van der Waals surface area contributed by atoms with Crippen molar-refractivity contribution in [2.45, 2.75) is 6.92 Å². The van der Waals surface area contributed by atoms with Gasteiger partial charge in [-0.05, 0) is 18.4 Å². The van der Waals surface area contributed by atoms with Gasteiger partial charge in [0, 0.05) is 6.07 Å². The highest BCUT2D eigenvalue weighted by Crippen LogP contribution is 2.24. The molecule has 0 radical (unpaired) electrons. The lowest BCUT2D eigenvalue weighted by atomic mass is 10.5. The molecular formula is C8H14NS+. The van der Waals surface area contributed by atoms with Gasteiger partial charge in [-0.1, -0.05) is 11.3 Å². The monoisotopic (exact) mass is 156 g/mol. The van der Waals surface area contributed by atoms with E-state index in [-0.39, 0.29) is 0 Å². The number of thiophene rings is 1. The van der Waals surface area contributed by atoms with E-state index in [1.54, 1.807) is 0 Å². The number of hydrogen-bond acceptors (Lipinski definition) is 1. The third kappa shape index (κ3) is 1.39. The quantitative estimate of drug-likeness (QED) is 0.576. The lowest BCUT2D eigenvalue weighted by molar-refractivity contribution is 0.428. The molecule has 56 valence electrons. The van der Waals surface area contributed by atoms with Gasteiger partial charge in [0.25, 0.3) is 0 Å². The zero-order valence-corrected chi connectivity index (χ0v) is 7.61. The molecule has 0 fully saturated rings. The molecule has 0 aliphatic heterocycles. The molecule has 1 aromatic rings. The van der Waals surface area contributed by atoms with Crippen LogP contribution in [0.5, 0.6) is 0 Å². The number of hydrogen-bond donors (Lipinski definition) is 0. The summed E-state index contributed by atoms with van der Waals surface area (Å²) in [7, 11) is 4.46. The Morgan fingerprint density at radius 1 is 1.50 bits per heavy atom. The Kier molecular flexibility index (Phi) is 2.11. The third-order valence-corrected chi connectivity index (χ3v) is 3.06. The molecule has 0 bridgehead atoms. The van der Waals surface area contributed by atoms with Crippen molar-refractivity contribution in [1.29, 1.82) is 0 Å². The van der Waals surface area contributed by atoms with Crippen molar-refractivity contribution in [3.8, 4) is 0 Å². The molecule has 1 aromatic heterocycles. The van der Waals surface area contributed by atoms with Crippen molar-refractivity contribution in [3.63, 3.8) is 0 Å². The van der Waals surface area contributed by atoms with Gasteiger partial charge in [-0.2, -0.15) is 0 Å². The normalized spacial score (nSPS) is 11.9. The molecular weight excluding hydrogens is 142 g/mol. The highest BCUT2D eigenvalue weighted by atomic mass is 32.1. The van der Waals surface area contributed by atoms with Crippen LogP contribution in [0.4, 0.5) is 5.00 Å². The maximum absolute atomic E-state index is 2.23. The van der Waals surface area contributed by atoms with Gasteiger partial charge in [0.05, 0.1) is 20.6 Å². The summed E-state index contributed by atoms with van der Waals surface area (Å²) in [5.74, 6) is 0. The Balaban J connectivity index is 2.85. The molecule has 10 heavy (non-hydrogen) atoms. The fourth-order valence-electron chi connectivity index (χ4n) is 0.770. The van der Waals surface area contributed by atoms with Gasteiger partial charge in [-0.25, -0.2) is 0 Å². The van der Waals surface area contributed by atoms with Gasteiger partial charge in [-0.15, -0.1) is 0 Å². The van der Waals surface area contributed by atoms with Gasteiger partial charge in [0.1, 0.15) is 0 Å². The first-order valence-corrected chi connectivity index (χ1v) is 4.42. The highest BCUT2D eigenvalue weighted by Gasteiger charge is 2.15. The first-order chi connectivity index (χ1) is 4.67. The molecule has 0 atom stereocenters. The fraction of sp³-hybridized carbons (Fsp3) is 0.500. The second kappa shape index (κ2) is 2.72. The zero-order valence-electron chi connectivity index (χ0n) is 6.79. The summed E-state index contributed by atoms with van der Waals surface area (Å²) in [4.78, 5) is 0. The van der Waals surface area contributed by atoms with E-state index >= 15 is 0 Å². The molecule has 0 aliphatic rings. The van der Waals surface area contributed by atoms with E-state index in [0.717, 1.165) is 11.0 Å². The molecule has 0 aromatic carbocycles. The number of quaternary nitrogens is 1. The second-order valence-electron chi connectivity index (χ2n) is 2.95. The summed E-state index contributed by atoms with van der Waals surface area (Å²) in [5.41, 5.74) is 0. The topological polar surface area (TPSA) is 0 Å². The van der Waals surface area contributed by atoms with Crippen LogP contribution in [-0.4, -0.2) is 20.6 Å². The van der Waals surface area contributed by atoms with Crippen LogP contribution in [0.2, 0.25) is 0 Å². The standard InChI is InChI=1S/C8H14NS/c1-4-9(2,3)8-6-5-7-10-8/h5-7H,4H2,1-3H3/q+1. The predicted octanol–water partition coefficient (Wildman–Crippen LogP) is 2.33. The third-order valence-electron chi connectivity index (χ3n) is 1.89. The Hall–Kier alpha value is -0.340. The highest BCUT2D eigenvalue weighted by molar-refractivity contribution is 7.13. The largest absolute Gasteiger partial charge is 0.287 e. The Labute approximate surface area is 66.5 Å². The molecule has 0 spiro atoms. The van der Waals surface area contributed by atoms with Gasteiger partial charge >= 0.3 is 0 Å². The van der Waals surface area contributed by atoms with Crippen LogP contribution in [0.1, 0.15) is 6.92 Å². The molecule has 0 saturated heterocycles. The maximum atomic E-state index is 2.23. The van der Waals surface area contributed by atoms with Gasteiger partial charge in [0.2, 0.25) is 0 Å². The summed E-state index contributed by atoms with van der Waals surface area (Å²) < 4.78 is 0.998. The smallest absolute Gasteiger partial charge is 0.187 e. The van der Waals surface area contributed by atoms with E-state index in [0.29, 0.717) is 0 Å². The molecule has 1 rings (SSSR count). The summed E-state index contributed by atoms with van der Waals surface area (Å²) in [6, 6.07) is 4.30. The van der Waals surface area contributed by atoms with Crippen LogP contribution < -0.4 is 4.48 Å². The molecule has 1 heterocycles. The molecule has 0 amide bonds. The van der Waals surface area contributed by atoms with Crippen LogP contribution >= 0.6 is 11.3 Å². The Morgan fingerprint density at radius 3 is 2.60 bits per heavy atom. The van der Waals surface area contributed by atoms with E-state index in [9.17, 15) is 0 Å². The van der Waals surface area contributed by atoms with E-state index in [1.165, 1.54) is 5.00 Å². The van der Waals surface area contributed by atoms with Crippen LogP contribution in [0.3, 0.4) is 0 Å². The minimum atomic E-state index is 0.998. The molecule has 2 heteroatoms. The van der Waals surface area contributed by atoms with E-state index in [2.05, 4.69) is 38.5 Å². The lowest BCUT2D eigenvalue weighted by Crippen LogP contribution is -2.38. The van der Waals surface area contributed by atoms with E-state index in [4.69, 9.17) is 0 Å². The summed E-state index contributed by atoms with van der Waals surface area (Å²) in [6.45, 7) is 3.36. The van der Waals surface area contributed by atoms with Crippen LogP contribution in [0.15, 0.2) is 17.5 Å². The Morgan fingerprint density at radius 2 is 2.20 bits per heavy atom. The Bertz CT molecular complexity index is 189. The van der Waals surface area contributed by atoms with Crippen molar-refractivity contribution < 1.29 is 0 Å². The average Bonchev–Trinajstić information content (AvgIpc) is 2.38. The van der Waals surface area contributed by atoms with Crippen molar-refractivity contribution >= 4 is 16.3 Å². The minimum Gasteiger partial charge on any atom is -0.287 e. The molecule has 0 N–H and O–H groups in total. The minimum absolute atomic E-state index is 0.998. The molecule has 1 nitrogen and oxygen atoms in total. The summed E-state index contributed by atoms with van der Waals surface area (Å²) >= 11 is 1.83.